The molecule has 1 aliphatic rings. The maximum atomic E-state index is 12.1. The number of rotatable bonds is 2. The van der Waals surface area contributed by atoms with Crippen LogP contribution in [0.1, 0.15) is 51.3 Å². The fourth-order valence-corrected chi connectivity index (χ4v) is 2.67. The van der Waals surface area contributed by atoms with Crippen molar-refractivity contribution in [2.45, 2.75) is 51.9 Å². The van der Waals surface area contributed by atoms with E-state index in [0.717, 1.165) is 5.01 Å². The van der Waals surface area contributed by atoms with Gasteiger partial charge in [0.25, 0.3) is 0 Å². The standard InChI is InChI=1S/C17H21N3O4/c1-5-14(22)19-20(10(2)21)15-12-8-11(9-18)6-7-13(12)24-17(3,4)16(15)23/h6-8,15-16,23H,5H2,1-4H3,(H,19,22)/t15-,16+/m1/s1. The van der Waals surface area contributed by atoms with Crippen LogP contribution in [0.2, 0.25) is 0 Å². The van der Waals surface area contributed by atoms with Crippen molar-refractivity contribution in [3.05, 3.63) is 29.3 Å². The van der Waals surface area contributed by atoms with E-state index < -0.39 is 23.7 Å². The van der Waals surface area contributed by atoms with Gasteiger partial charge >= 0.3 is 0 Å². The van der Waals surface area contributed by atoms with E-state index in [2.05, 4.69) is 5.43 Å². The summed E-state index contributed by atoms with van der Waals surface area (Å²) in [6.07, 6.45) is -0.905. The summed E-state index contributed by atoms with van der Waals surface area (Å²) in [5.74, 6) is -0.308. The first-order valence-corrected chi connectivity index (χ1v) is 7.71. The predicted octanol–water partition coefficient (Wildman–Crippen LogP) is 1.42. The Bertz CT molecular complexity index is 708. The summed E-state index contributed by atoms with van der Waals surface area (Å²) in [6, 6.07) is 5.97. The van der Waals surface area contributed by atoms with Crippen molar-refractivity contribution in [2.24, 2.45) is 0 Å². The van der Waals surface area contributed by atoms with Gasteiger partial charge in [-0.3, -0.25) is 15.0 Å². The van der Waals surface area contributed by atoms with Crippen LogP contribution in [0.15, 0.2) is 18.2 Å². The van der Waals surface area contributed by atoms with Crippen molar-refractivity contribution in [2.75, 3.05) is 0 Å². The van der Waals surface area contributed by atoms with Gasteiger partial charge in [0.05, 0.1) is 11.6 Å². The number of carbonyl (C=O) groups is 2. The van der Waals surface area contributed by atoms with Gasteiger partial charge in [0.2, 0.25) is 11.8 Å². The number of hydrazine groups is 1. The van der Waals surface area contributed by atoms with E-state index in [-0.39, 0.29) is 12.3 Å². The molecule has 1 aromatic rings. The molecule has 1 aromatic carbocycles. The van der Waals surface area contributed by atoms with Crippen LogP contribution in [0.4, 0.5) is 0 Å². The molecule has 0 radical (unpaired) electrons. The molecule has 0 aliphatic carbocycles. The van der Waals surface area contributed by atoms with E-state index in [0.29, 0.717) is 16.9 Å². The number of benzene rings is 1. The number of hydrogen-bond acceptors (Lipinski definition) is 5. The van der Waals surface area contributed by atoms with Gasteiger partial charge < -0.3 is 9.84 Å². The van der Waals surface area contributed by atoms with Crippen LogP contribution in [0.5, 0.6) is 5.75 Å². The lowest BCUT2D eigenvalue weighted by atomic mass is 9.85. The van der Waals surface area contributed by atoms with Gasteiger partial charge in [-0.2, -0.15) is 5.26 Å². The SMILES string of the molecule is CCC(=O)NN(C(C)=O)[C@@H]1c2cc(C#N)ccc2OC(C)(C)[C@H]1O. The Labute approximate surface area is 140 Å². The maximum absolute atomic E-state index is 12.1. The molecule has 2 atom stereocenters. The molecule has 0 spiro atoms. The smallest absolute Gasteiger partial charge is 0.238 e. The first-order chi connectivity index (χ1) is 11.2. The Morgan fingerprint density at radius 2 is 2.12 bits per heavy atom. The number of hydrogen-bond donors (Lipinski definition) is 2. The second kappa shape index (κ2) is 6.49. The average Bonchev–Trinajstić information content (AvgIpc) is 2.53. The molecule has 0 saturated carbocycles. The third-order valence-corrected chi connectivity index (χ3v) is 4.03. The second-order valence-electron chi connectivity index (χ2n) is 6.24. The first-order valence-electron chi connectivity index (χ1n) is 7.71. The van der Waals surface area contributed by atoms with Crippen LogP contribution in [0.3, 0.4) is 0 Å². The summed E-state index contributed by atoms with van der Waals surface area (Å²) in [5.41, 5.74) is 2.41. The summed E-state index contributed by atoms with van der Waals surface area (Å²) >= 11 is 0. The highest BCUT2D eigenvalue weighted by Gasteiger charge is 2.47. The topological polar surface area (TPSA) is 103 Å². The van der Waals surface area contributed by atoms with Crippen molar-refractivity contribution < 1.29 is 19.4 Å². The molecule has 2 amide bonds. The average molecular weight is 331 g/mol. The maximum Gasteiger partial charge on any atom is 0.238 e. The van der Waals surface area contributed by atoms with Crippen molar-refractivity contribution in [3.8, 4) is 11.8 Å². The van der Waals surface area contributed by atoms with Crippen molar-refractivity contribution in [1.29, 1.82) is 5.26 Å². The molecule has 7 nitrogen and oxygen atoms in total. The van der Waals surface area contributed by atoms with Crippen LogP contribution in [0, 0.1) is 11.3 Å². The Kier molecular flexibility index (Phi) is 4.81. The number of nitrogens with zero attached hydrogens (tertiary/aromatic N) is 2. The van der Waals surface area contributed by atoms with Gasteiger partial charge in [-0.15, -0.1) is 0 Å². The summed E-state index contributed by atoms with van der Waals surface area (Å²) in [6.45, 7) is 6.37. The number of aliphatic hydroxyl groups is 1. The molecule has 2 N–H and O–H groups in total. The van der Waals surface area contributed by atoms with Crippen LogP contribution in [-0.2, 0) is 9.59 Å². The number of amides is 2. The Balaban J connectivity index is 2.58. The van der Waals surface area contributed by atoms with E-state index in [9.17, 15) is 14.7 Å². The number of aliphatic hydroxyl groups excluding tert-OH is 1. The van der Waals surface area contributed by atoms with Gasteiger partial charge in [0, 0.05) is 18.9 Å². The molecule has 0 fully saturated rings. The zero-order valence-electron chi connectivity index (χ0n) is 14.2. The molecule has 24 heavy (non-hydrogen) atoms. The molecule has 1 heterocycles. The fourth-order valence-electron chi connectivity index (χ4n) is 2.67. The molecule has 1 aliphatic heterocycles. The summed E-state index contributed by atoms with van der Waals surface area (Å²) in [4.78, 5) is 23.9. The van der Waals surface area contributed by atoms with Gasteiger partial charge in [-0.25, -0.2) is 5.01 Å². The van der Waals surface area contributed by atoms with Crippen molar-refractivity contribution >= 4 is 11.8 Å². The first kappa shape index (κ1) is 17.8. The molecular formula is C17H21N3O4. The van der Waals surface area contributed by atoms with Gasteiger partial charge in [0.15, 0.2) is 0 Å². The van der Waals surface area contributed by atoms with E-state index in [4.69, 9.17) is 10.00 Å². The molecule has 128 valence electrons. The van der Waals surface area contributed by atoms with Crippen LogP contribution in [0.25, 0.3) is 0 Å². The monoisotopic (exact) mass is 331 g/mol. The summed E-state index contributed by atoms with van der Waals surface area (Å²) in [5, 5.41) is 21.0. The highest BCUT2D eigenvalue weighted by molar-refractivity contribution is 5.81. The normalized spacial score (nSPS) is 21.0. The molecule has 2 rings (SSSR count). The number of nitrogens with one attached hydrogen (secondary N) is 1. The Morgan fingerprint density at radius 1 is 1.46 bits per heavy atom. The van der Waals surface area contributed by atoms with E-state index in [1.807, 2.05) is 6.07 Å². The number of fused-ring (bicyclic) bond motifs is 1. The molecule has 7 heteroatoms. The molecule has 0 bridgehead atoms. The fraction of sp³-hybridized carbons (Fsp3) is 0.471. The molecule has 0 unspecified atom stereocenters. The molecular weight excluding hydrogens is 310 g/mol. The molecule has 0 saturated heterocycles. The van der Waals surface area contributed by atoms with Crippen molar-refractivity contribution in [1.82, 2.24) is 10.4 Å². The predicted molar refractivity (Wildman–Crippen MR) is 85.6 cm³/mol. The largest absolute Gasteiger partial charge is 0.485 e. The number of ether oxygens (including phenoxy) is 1. The van der Waals surface area contributed by atoms with Gasteiger partial charge in [0.1, 0.15) is 23.5 Å². The minimum atomic E-state index is -1.10. The zero-order valence-corrected chi connectivity index (χ0v) is 14.2. The van der Waals surface area contributed by atoms with E-state index in [1.54, 1.807) is 39.0 Å². The zero-order chi connectivity index (χ0) is 18.1. The lowest BCUT2D eigenvalue weighted by molar-refractivity contribution is -0.155. The Hall–Kier alpha value is -2.59. The summed E-state index contributed by atoms with van der Waals surface area (Å²) in [7, 11) is 0. The number of nitriles is 1. The van der Waals surface area contributed by atoms with E-state index >= 15 is 0 Å². The number of carbonyl (C=O) groups excluding carboxylic acids is 2. The van der Waals surface area contributed by atoms with Crippen LogP contribution >= 0.6 is 0 Å². The van der Waals surface area contributed by atoms with E-state index in [1.165, 1.54) is 6.92 Å². The van der Waals surface area contributed by atoms with Crippen LogP contribution in [-0.4, -0.2) is 33.6 Å². The lowest BCUT2D eigenvalue weighted by Gasteiger charge is -2.45. The minimum absolute atomic E-state index is 0.192. The van der Waals surface area contributed by atoms with Crippen molar-refractivity contribution in [3.63, 3.8) is 0 Å². The quantitative estimate of drug-likeness (QED) is 0.798. The minimum Gasteiger partial charge on any atom is -0.485 e. The molecule has 0 aromatic heterocycles. The van der Waals surface area contributed by atoms with Gasteiger partial charge in [-0.1, -0.05) is 6.92 Å². The van der Waals surface area contributed by atoms with Gasteiger partial charge in [-0.05, 0) is 32.0 Å². The van der Waals surface area contributed by atoms with Crippen LogP contribution < -0.4 is 10.2 Å². The lowest BCUT2D eigenvalue weighted by Crippen LogP contribution is -2.58. The second-order valence-corrected chi connectivity index (χ2v) is 6.24. The third-order valence-electron chi connectivity index (χ3n) is 4.03. The highest BCUT2D eigenvalue weighted by Crippen LogP contribution is 2.42. The highest BCUT2D eigenvalue weighted by atomic mass is 16.5. The third kappa shape index (κ3) is 3.19. The Morgan fingerprint density at radius 3 is 2.67 bits per heavy atom. The summed E-state index contributed by atoms with van der Waals surface area (Å²) < 4.78 is 5.81.